The van der Waals surface area contributed by atoms with Crippen LogP contribution in [0.25, 0.3) is 10.8 Å². The van der Waals surface area contributed by atoms with E-state index in [-0.39, 0.29) is 16.5 Å². The first-order valence-electron chi connectivity index (χ1n) is 7.66. The Hall–Kier alpha value is -1.87. The van der Waals surface area contributed by atoms with Crippen molar-refractivity contribution in [2.75, 3.05) is 7.11 Å². The summed E-state index contributed by atoms with van der Waals surface area (Å²) in [6.07, 6.45) is 1.57. The normalized spacial score (nSPS) is 11.7. The Kier molecular flexibility index (Phi) is 5.38. The molecule has 0 unspecified atom stereocenters. The number of halogens is 1. The highest BCUT2D eigenvalue weighted by molar-refractivity contribution is 7.89. The smallest absolute Gasteiger partial charge is 0.241 e. The van der Waals surface area contributed by atoms with Crippen molar-refractivity contribution >= 4 is 33.0 Å². The number of aryl methyl sites for hydroxylation is 2. The van der Waals surface area contributed by atoms with Crippen molar-refractivity contribution in [3.8, 4) is 16.5 Å². The third-order valence-corrected chi connectivity index (χ3v) is 6.80. The minimum absolute atomic E-state index is 0.122. The molecule has 0 radical (unpaired) electrons. The predicted octanol–water partition coefficient (Wildman–Crippen LogP) is 4.16. The lowest BCUT2D eigenvalue weighted by molar-refractivity contribution is 0.414. The van der Waals surface area contributed by atoms with Crippen LogP contribution in [0, 0.1) is 13.8 Å². The van der Waals surface area contributed by atoms with E-state index in [2.05, 4.69) is 9.71 Å². The minimum atomic E-state index is -3.73. The Bertz CT molecular complexity index is 1030. The quantitative estimate of drug-likeness (QED) is 0.657. The van der Waals surface area contributed by atoms with Gasteiger partial charge in [0.1, 0.15) is 5.75 Å². The van der Waals surface area contributed by atoms with Crippen molar-refractivity contribution in [3.05, 3.63) is 51.7 Å². The molecule has 0 atom stereocenters. The van der Waals surface area contributed by atoms with Crippen LogP contribution in [0.3, 0.4) is 0 Å². The van der Waals surface area contributed by atoms with Gasteiger partial charge in [-0.3, -0.25) is 0 Å². The summed E-state index contributed by atoms with van der Waals surface area (Å²) in [5, 5.41) is 0.956. The summed E-state index contributed by atoms with van der Waals surface area (Å²) in [6, 6.07) is 6.59. The van der Waals surface area contributed by atoms with Crippen molar-refractivity contribution in [2.24, 2.45) is 0 Å². The van der Waals surface area contributed by atoms with Crippen LogP contribution >= 0.6 is 22.9 Å². The van der Waals surface area contributed by atoms with Crippen LogP contribution < -0.4 is 9.46 Å². The number of furan rings is 1. The van der Waals surface area contributed by atoms with E-state index in [0.717, 1.165) is 10.6 Å². The summed E-state index contributed by atoms with van der Waals surface area (Å²) >= 11 is 7.46. The molecule has 0 spiro atoms. The van der Waals surface area contributed by atoms with Gasteiger partial charge in [0.05, 0.1) is 29.0 Å². The van der Waals surface area contributed by atoms with Crippen LogP contribution in [0.15, 0.2) is 39.8 Å². The number of nitrogens with one attached hydrogen (secondary N) is 1. The molecule has 0 aliphatic heterocycles. The molecule has 6 nitrogen and oxygen atoms in total. The number of nitrogens with zero attached hydrogens (tertiary/aromatic N) is 1. The first kappa shape index (κ1) is 18.9. The van der Waals surface area contributed by atoms with Gasteiger partial charge in [-0.15, -0.1) is 11.3 Å². The molecule has 0 amide bonds. The van der Waals surface area contributed by atoms with Crippen LogP contribution in [0.1, 0.15) is 16.1 Å². The van der Waals surface area contributed by atoms with Gasteiger partial charge in [0, 0.05) is 11.4 Å². The standard InChI is InChI=1S/C17H17ClN2O4S2/c1-10-7-14(23-3)12(18)8-16(10)26(21,22)19-9-15-11(2)20-17(25-15)13-5-4-6-24-13/h4-8,19H,9H2,1-3H3. The van der Waals surface area contributed by atoms with Crippen LogP contribution in [-0.2, 0) is 16.6 Å². The van der Waals surface area contributed by atoms with Gasteiger partial charge in [-0.05, 0) is 43.7 Å². The molecule has 0 aliphatic rings. The zero-order chi connectivity index (χ0) is 18.9. The SMILES string of the molecule is COc1cc(C)c(S(=O)(=O)NCc2sc(-c3ccco3)nc2C)cc1Cl. The highest BCUT2D eigenvalue weighted by atomic mass is 35.5. The first-order chi connectivity index (χ1) is 12.3. The molecule has 2 aromatic heterocycles. The monoisotopic (exact) mass is 412 g/mol. The highest BCUT2D eigenvalue weighted by Gasteiger charge is 2.20. The number of ether oxygens (including phenoxy) is 1. The van der Waals surface area contributed by atoms with Crippen molar-refractivity contribution in [3.63, 3.8) is 0 Å². The maximum Gasteiger partial charge on any atom is 0.241 e. The lowest BCUT2D eigenvalue weighted by Gasteiger charge is -2.11. The van der Waals surface area contributed by atoms with Gasteiger partial charge in [0.2, 0.25) is 10.0 Å². The molecule has 26 heavy (non-hydrogen) atoms. The Morgan fingerprint density at radius 2 is 2.12 bits per heavy atom. The second-order valence-corrected chi connectivity index (χ2v) is 8.81. The third-order valence-electron chi connectivity index (χ3n) is 3.79. The third kappa shape index (κ3) is 3.78. The van der Waals surface area contributed by atoms with Gasteiger partial charge in [0.15, 0.2) is 10.8 Å². The van der Waals surface area contributed by atoms with E-state index in [1.165, 1.54) is 24.5 Å². The number of sulfonamides is 1. The largest absolute Gasteiger partial charge is 0.495 e. The number of hydrogen-bond acceptors (Lipinski definition) is 6. The lowest BCUT2D eigenvalue weighted by atomic mass is 10.2. The van der Waals surface area contributed by atoms with Gasteiger partial charge < -0.3 is 9.15 Å². The van der Waals surface area contributed by atoms with Gasteiger partial charge >= 0.3 is 0 Å². The fraction of sp³-hybridized carbons (Fsp3) is 0.235. The number of rotatable bonds is 6. The van der Waals surface area contributed by atoms with E-state index in [1.807, 2.05) is 13.0 Å². The molecular formula is C17H17ClN2O4S2. The fourth-order valence-corrected chi connectivity index (χ4v) is 5.03. The molecule has 1 aromatic carbocycles. The molecule has 0 saturated carbocycles. The zero-order valence-electron chi connectivity index (χ0n) is 14.4. The van der Waals surface area contributed by atoms with Crippen LogP contribution in [-0.4, -0.2) is 20.5 Å². The summed E-state index contributed by atoms with van der Waals surface area (Å²) in [6.45, 7) is 3.66. The molecule has 0 fully saturated rings. The van der Waals surface area contributed by atoms with E-state index in [9.17, 15) is 8.42 Å². The molecule has 1 N–H and O–H groups in total. The Balaban J connectivity index is 1.82. The molecule has 0 bridgehead atoms. The van der Waals surface area contributed by atoms with Gasteiger partial charge in [-0.25, -0.2) is 18.1 Å². The number of thiazole rings is 1. The maximum absolute atomic E-state index is 12.7. The molecule has 138 valence electrons. The average Bonchev–Trinajstić information content (AvgIpc) is 3.24. The Morgan fingerprint density at radius 3 is 2.77 bits per heavy atom. The second kappa shape index (κ2) is 7.40. The van der Waals surface area contributed by atoms with E-state index >= 15 is 0 Å². The number of methoxy groups -OCH3 is 1. The molecule has 0 aliphatic carbocycles. The van der Waals surface area contributed by atoms with Crippen molar-refractivity contribution in [1.29, 1.82) is 0 Å². The van der Waals surface area contributed by atoms with Gasteiger partial charge in [-0.1, -0.05) is 11.6 Å². The number of benzene rings is 1. The lowest BCUT2D eigenvalue weighted by Crippen LogP contribution is -2.24. The highest BCUT2D eigenvalue weighted by Crippen LogP contribution is 2.31. The number of aromatic nitrogens is 1. The summed E-state index contributed by atoms with van der Waals surface area (Å²) < 4.78 is 38.4. The molecule has 9 heteroatoms. The summed E-state index contributed by atoms with van der Waals surface area (Å²) in [4.78, 5) is 5.37. The second-order valence-electron chi connectivity index (χ2n) is 5.58. The van der Waals surface area contributed by atoms with E-state index in [1.54, 1.807) is 25.3 Å². The van der Waals surface area contributed by atoms with Crippen LogP contribution in [0.4, 0.5) is 0 Å². The zero-order valence-corrected chi connectivity index (χ0v) is 16.8. The van der Waals surface area contributed by atoms with Crippen molar-refractivity contribution in [1.82, 2.24) is 9.71 Å². The van der Waals surface area contributed by atoms with E-state index in [0.29, 0.717) is 22.1 Å². The van der Waals surface area contributed by atoms with Gasteiger partial charge in [-0.2, -0.15) is 0 Å². The number of hydrogen-bond donors (Lipinski definition) is 1. The topological polar surface area (TPSA) is 81.4 Å². The van der Waals surface area contributed by atoms with E-state index in [4.69, 9.17) is 20.8 Å². The first-order valence-corrected chi connectivity index (χ1v) is 10.3. The van der Waals surface area contributed by atoms with Crippen molar-refractivity contribution in [2.45, 2.75) is 25.3 Å². The molecule has 0 saturated heterocycles. The molecule has 3 rings (SSSR count). The molecule has 3 aromatic rings. The van der Waals surface area contributed by atoms with Gasteiger partial charge in [0.25, 0.3) is 0 Å². The molecule has 2 heterocycles. The fourth-order valence-electron chi connectivity index (χ4n) is 2.42. The predicted molar refractivity (Wildman–Crippen MR) is 101 cm³/mol. The van der Waals surface area contributed by atoms with Crippen LogP contribution in [0.2, 0.25) is 5.02 Å². The Labute approximate surface area is 160 Å². The summed E-state index contributed by atoms with van der Waals surface area (Å²) in [5.74, 6) is 1.09. The van der Waals surface area contributed by atoms with E-state index < -0.39 is 10.0 Å². The Morgan fingerprint density at radius 1 is 1.35 bits per heavy atom. The maximum atomic E-state index is 12.7. The minimum Gasteiger partial charge on any atom is -0.495 e. The van der Waals surface area contributed by atoms with Crippen molar-refractivity contribution < 1.29 is 17.6 Å². The molecular weight excluding hydrogens is 396 g/mol. The summed E-state index contributed by atoms with van der Waals surface area (Å²) in [5.41, 5.74) is 1.31. The van der Waals surface area contributed by atoms with Crippen LogP contribution in [0.5, 0.6) is 5.75 Å². The average molecular weight is 413 g/mol. The summed E-state index contributed by atoms with van der Waals surface area (Å²) in [7, 11) is -2.25.